The van der Waals surface area contributed by atoms with Gasteiger partial charge in [0.15, 0.2) is 0 Å². The van der Waals surface area contributed by atoms with Crippen molar-refractivity contribution in [3.63, 3.8) is 0 Å². The number of rotatable bonds is 4. The zero-order valence-electron chi connectivity index (χ0n) is 13.4. The SMILES string of the molecule is CC(C)NCc1cccnc1N1CCCC(C)(C)CC1. The fourth-order valence-electron chi connectivity index (χ4n) is 2.80. The van der Waals surface area contributed by atoms with Gasteiger partial charge < -0.3 is 10.2 Å². The van der Waals surface area contributed by atoms with Crippen LogP contribution in [0.5, 0.6) is 0 Å². The molecule has 1 aromatic rings. The van der Waals surface area contributed by atoms with Gasteiger partial charge in [-0.15, -0.1) is 0 Å². The quantitative estimate of drug-likeness (QED) is 0.910. The average molecular weight is 275 g/mol. The Kier molecular flexibility index (Phi) is 5.03. The van der Waals surface area contributed by atoms with Crippen molar-refractivity contribution in [3.05, 3.63) is 23.9 Å². The maximum atomic E-state index is 4.66. The largest absolute Gasteiger partial charge is 0.356 e. The molecule has 0 spiro atoms. The topological polar surface area (TPSA) is 28.2 Å². The molecule has 20 heavy (non-hydrogen) atoms. The lowest BCUT2D eigenvalue weighted by Crippen LogP contribution is -2.29. The third kappa shape index (κ3) is 4.20. The minimum absolute atomic E-state index is 0.472. The summed E-state index contributed by atoms with van der Waals surface area (Å²) in [6.07, 6.45) is 5.75. The summed E-state index contributed by atoms with van der Waals surface area (Å²) in [5.74, 6) is 1.18. The highest BCUT2D eigenvalue weighted by molar-refractivity contribution is 5.46. The van der Waals surface area contributed by atoms with E-state index in [4.69, 9.17) is 0 Å². The summed E-state index contributed by atoms with van der Waals surface area (Å²) in [7, 11) is 0. The van der Waals surface area contributed by atoms with Crippen molar-refractivity contribution in [1.29, 1.82) is 0 Å². The van der Waals surface area contributed by atoms with Crippen LogP contribution in [0.2, 0.25) is 0 Å². The van der Waals surface area contributed by atoms with Gasteiger partial charge in [-0.1, -0.05) is 33.8 Å². The molecule has 0 aliphatic carbocycles. The third-order valence-corrected chi connectivity index (χ3v) is 4.21. The van der Waals surface area contributed by atoms with E-state index in [1.165, 1.54) is 30.6 Å². The Bertz CT molecular complexity index is 426. The van der Waals surface area contributed by atoms with E-state index in [-0.39, 0.29) is 0 Å². The number of hydrogen-bond donors (Lipinski definition) is 1. The van der Waals surface area contributed by atoms with Crippen LogP contribution in [0, 0.1) is 5.41 Å². The summed E-state index contributed by atoms with van der Waals surface area (Å²) >= 11 is 0. The minimum Gasteiger partial charge on any atom is -0.356 e. The fourth-order valence-corrected chi connectivity index (χ4v) is 2.80. The van der Waals surface area contributed by atoms with Gasteiger partial charge in [-0.2, -0.15) is 0 Å². The Balaban J connectivity index is 2.11. The van der Waals surface area contributed by atoms with Gasteiger partial charge in [-0.3, -0.25) is 0 Å². The van der Waals surface area contributed by atoms with Crippen LogP contribution in [0.25, 0.3) is 0 Å². The van der Waals surface area contributed by atoms with E-state index in [0.717, 1.165) is 19.6 Å². The monoisotopic (exact) mass is 275 g/mol. The molecule has 112 valence electrons. The standard InChI is InChI=1S/C17H29N3/c1-14(2)19-13-15-7-5-10-18-16(15)20-11-6-8-17(3,4)9-12-20/h5,7,10,14,19H,6,8-9,11-13H2,1-4H3. The molecule has 1 aromatic heterocycles. The lowest BCUT2D eigenvalue weighted by atomic mass is 9.85. The number of anilines is 1. The van der Waals surface area contributed by atoms with Crippen molar-refractivity contribution < 1.29 is 0 Å². The maximum Gasteiger partial charge on any atom is 0.133 e. The van der Waals surface area contributed by atoms with E-state index in [1.54, 1.807) is 0 Å². The van der Waals surface area contributed by atoms with Crippen molar-refractivity contribution in [2.24, 2.45) is 5.41 Å². The maximum absolute atomic E-state index is 4.66. The van der Waals surface area contributed by atoms with Crippen molar-refractivity contribution in [1.82, 2.24) is 10.3 Å². The van der Waals surface area contributed by atoms with Crippen LogP contribution in [0.15, 0.2) is 18.3 Å². The van der Waals surface area contributed by atoms with Gasteiger partial charge in [-0.25, -0.2) is 4.98 Å². The van der Waals surface area contributed by atoms with Crippen molar-refractivity contribution in [3.8, 4) is 0 Å². The summed E-state index contributed by atoms with van der Waals surface area (Å²) in [6, 6.07) is 4.75. The van der Waals surface area contributed by atoms with Crippen LogP contribution >= 0.6 is 0 Å². The molecule has 1 aliphatic heterocycles. The summed E-state index contributed by atoms with van der Waals surface area (Å²) in [6.45, 7) is 12.3. The highest BCUT2D eigenvalue weighted by Crippen LogP contribution is 2.31. The highest BCUT2D eigenvalue weighted by atomic mass is 15.2. The predicted molar refractivity (Wildman–Crippen MR) is 86.1 cm³/mol. The molecule has 1 saturated heterocycles. The third-order valence-electron chi connectivity index (χ3n) is 4.21. The summed E-state index contributed by atoms with van der Waals surface area (Å²) < 4.78 is 0. The zero-order chi connectivity index (χ0) is 14.6. The van der Waals surface area contributed by atoms with Crippen molar-refractivity contribution >= 4 is 5.82 Å². The first-order chi connectivity index (χ1) is 9.48. The highest BCUT2D eigenvalue weighted by Gasteiger charge is 2.24. The van der Waals surface area contributed by atoms with Gasteiger partial charge in [-0.05, 0) is 30.7 Å². The minimum atomic E-state index is 0.472. The summed E-state index contributed by atoms with van der Waals surface area (Å²) in [5.41, 5.74) is 1.79. The molecular weight excluding hydrogens is 246 g/mol. The predicted octanol–water partition coefficient (Wildman–Crippen LogP) is 3.60. The van der Waals surface area contributed by atoms with E-state index in [0.29, 0.717) is 11.5 Å². The molecule has 2 heterocycles. The molecule has 2 rings (SSSR count). The van der Waals surface area contributed by atoms with Gasteiger partial charge in [0.1, 0.15) is 5.82 Å². The first-order valence-corrected chi connectivity index (χ1v) is 7.90. The molecule has 1 aliphatic rings. The second kappa shape index (κ2) is 6.57. The first-order valence-electron chi connectivity index (χ1n) is 7.90. The Morgan fingerprint density at radius 2 is 2.10 bits per heavy atom. The van der Waals surface area contributed by atoms with E-state index in [1.807, 2.05) is 12.3 Å². The Labute approximate surface area is 123 Å². The van der Waals surface area contributed by atoms with Gasteiger partial charge >= 0.3 is 0 Å². The number of aromatic nitrogens is 1. The summed E-state index contributed by atoms with van der Waals surface area (Å²) in [5, 5.41) is 3.51. The Morgan fingerprint density at radius 3 is 2.85 bits per heavy atom. The van der Waals surface area contributed by atoms with Crippen LogP contribution < -0.4 is 10.2 Å². The molecule has 3 nitrogen and oxygen atoms in total. The normalized spacial score (nSPS) is 19.1. The molecule has 0 amide bonds. The van der Waals surface area contributed by atoms with Crippen LogP contribution in [0.1, 0.15) is 52.5 Å². The second-order valence-corrected chi connectivity index (χ2v) is 7.03. The molecule has 0 bridgehead atoms. The molecule has 0 radical (unpaired) electrons. The number of hydrogen-bond acceptors (Lipinski definition) is 3. The fraction of sp³-hybridized carbons (Fsp3) is 0.706. The van der Waals surface area contributed by atoms with Gasteiger partial charge in [0.2, 0.25) is 0 Å². The van der Waals surface area contributed by atoms with E-state index in [2.05, 4.69) is 49.0 Å². The Hall–Kier alpha value is -1.09. The van der Waals surface area contributed by atoms with E-state index < -0.39 is 0 Å². The van der Waals surface area contributed by atoms with Crippen LogP contribution in [0.4, 0.5) is 5.82 Å². The molecule has 1 fully saturated rings. The average Bonchev–Trinajstić information content (AvgIpc) is 2.58. The van der Waals surface area contributed by atoms with Crippen molar-refractivity contribution in [2.45, 2.75) is 59.5 Å². The molecule has 0 atom stereocenters. The molecular formula is C17H29N3. The molecule has 0 aromatic carbocycles. The number of pyridine rings is 1. The smallest absolute Gasteiger partial charge is 0.133 e. The van der Waals surface area contributed by atoms with E-state index in [9.17, 15) is 0 Å². The summed E-state index contributed by atoms with van der Waals surface area (Å²) in [4.78, 5) is 7.13. The van der Waals surface area contributed by atoms with Gasteiger partial charge in [0.05, 0.1) is 0 Å². The van der Waals surface area contributed by atoms with Crippen LogP contribution in [-0.2, 0) is 6.54 Å². The molecule has 1 N–H and O–H groups in total. The lowest BCUT2D eigenvalue weighted by molar-refractivity contribution is 0.325. The molecule has 3 heteroatoms. The first kappa shape index (κ1) is 15.3. The van der Waals surface area contributed by atoms with E-state index >= 15 is 0 Å². The zero-order valence-corrected chi connectivity index (χ0v) is 13.4. The van der Waals surface area contributed by atoms with Gasteiger partial charge in [0, 0.05) is 37.4 Å². The number of nitrogens with one attached hydrogen (secondary N) is 1. The second-order valence-electron chi connectivity index (χ2n) is 7.03. The molecule has 0 saturated carbocycles. The van der Waals surface area contributed by atoms with Crippen LogP contribution in [0.3, 0.4) is 0 Å². The Morgan fingerprint density at radius 1 is 1.30 bits per heavy atom. The van der Waals surface area contributed by atoms with Gasteiger partial charge in [0.25, 0.3) is 0 Å². The number of nitrogens with zero attached hydrogens (tertiary/aromatic N) is 2. The van der Waals surface area contributed by atoms with Crippen molar-refractivity contribution in [2.75, 3.05) is 18.0 Å². The molecule has 0 unspecified atom stereocenters. The lowest BCUT2D eigenvalue weighted by Gasteiger charge is -2.26. The van der Waals surface area contributed by atoms with Crippen LogP contribution in [-0.4, -0.2) is 24.1 Å².